The fraction of sp³-hybridized carbons (Fsp3) is 0.412. The fourth-order valence-electron chi connectivity index (χ4n) is 2.98. The minimum absolute atomic E-state index is 0.00432. The molecule has 116 valence electrons. The van der Waals surface area contributed by atoms with Gasteiger partial charge in [-0.25, -0.2) is 0 Å². The second-order valence-corrected chi connectivity index (χ2v) is 6.68. The predicted octanol–water partition coefficient (Wildman–Crippen LogP) is 2.70. The van der Waals surface area contributed by atoms with Gasteiger partial charge in [0.2, 0.25) is 0 Å². The zero-order valence-electron chi connectivity index (χ0n) is 13.0. The van der Waals surface area contributed by atoms with E-state index in [0.717, 1.165) is 25.3 Å². The van der Waals surface area contributed by atoms with Crippen molar-refractivity contribution in [2.45, 2.75) is 26.4 Å². The van der Waals surface area contributed by atoms with E-state index in [-0.39, 0.29) is 11.9 Å². The highest BCUT2D eigenvalue weighted by molar-refractivity contribution is 7.03. The molecule has 0 spiro atoms. The molecule has 0 aliphatic carbocycles. The number of nitrogens with one attached hydrogen (secondary N) is 1. The summed E-state index contributed by atoms with van der Waals surface area (Å²) in [4.78, 5) is 14.7. The van der Waals surface area contributed by atoms with Crippen LogP contribution in [0.25, 0.3) is 0 Å². The van der Waals surface area contributed by atoms with Crippen LogP contribution in [0.5, 0.6) is 0 Å². The van der Waals surface area contributed by atoms with Gasteiger partial charge in [-0.1, -0.05) is 37.3 Å². The number of hydrogen-bond acceptors (Lipinski definition) is 4. The van der Waals surface area contributed by atoms with Crippen molar-refractivity contribution in [2.24, 2.45) is 5.92 Å². The lowest BCUT2D eigenvalue weighted by molar-refractivity contribution is 0.0931. The van der Waals surface area contributed by atoms with E-state index in [9.17, 15) is 4.79 Å². The van der Waals surface area contributed by atoms with Crippen LogP contribution in [0.15, 0.2) is 35.7 Å². The smallest absolute Gasteiger partial charge is 0.254 e. The Morgan fingerprint density at radius 1 is 1.36 bits per heavy atom. The second kappa shape index (κ2) is 6.58. The maximum absolute atomic E-state index is 12.3. The molecule has 1 aliphatic rings. The largest absolute Gasteiger partial charge is 0.348 e. The maximum Gasteiger partial charge on any atom is 0.254 e. The number of rotatable bonds is 4. The maximum atomic E-state index is 12.3. The van der Waals surface area contributed by atoms with Crippen LogP contribution < -0.4 is 5.32 Å². The van der Waals surface area contributed by atoms with Gasteiger partial charge < -0.3 is 5.32 Å². The number of carbonyl (C=O) groups excluding carboxylic acids is 1. The number of likely N-dealkylation sites (tertiary alicyclic amines) is 1. The molecule has 1 aromatic heterocycles. The Labute approximate surface area is 135 Å². The minimum Gasteiger partial charge on any atom is -0.348 e. The van der Waals surface area contributed by atoms with Gasteiger partial charge in [-0.2, -0.15) is 4.37 Å². The molecule has 1 aliphatic heterocycles. The Bertz CT molecular complexity index is 640. The Hall–Kier alpha value is -1.72. The Balaban J connectivity index is 1.59. The van der Waals surface area contributed by atoms with Gasteiger partial charge in [-0.15, -0.1) is 0 Å². The number of benzene rings is 1. The van der Waals surface area contributed by atoms with Crippen LogP contribution >= 0.6 is 11.5 Å². The summed E-state index contributed by atoms with van der Waals surface area (Å²) in [6, 6.07) is 10.7. The Kier molecular flexibility index (Phi) is 4.55. The molecule has 1 aromatic carbocycles. The summed E-state index contributed by atoms with van der Waals surface area (Å²) in [6.07, 6.45) is 0. The van der Waals surface area contributed by atoms with Gasteiger partial charge in [0.1, 0.15) is 0 Å². The fourth-order valence-corrected chi connectivity index (χ4v) is 3.67. The quantitative estimate of drug-likeness (QED) is 0.943. The summed E-state index contributed by atoms with van der Waals surface area (Å²) in [6.45, 7) is 6.94. The first-order valence-electron chi connectivity index (χ1n) is 7.61. The number of aryl methyl sites for hydroxylation is 1. The summed E-state index contributed by atoms with van der Waals surface area (Å²) in [5.41, 5.74) is 2.84. The molecule has 3 rings (SSSR count). The number of amides is 1. The molecule has 0 radical (unpaired) electrons. The molecule has 4 nitrogen and oxygen atoms in total. The van der Waals surface area contributed by atoms with Crippen LogP contribution in [0.4, 0.5) is 0 Å². The van der Waals surface area contributed by atoms with Crippen LogP contribution in [-0.4, -0.2) is 34.3 Å². The number of hydrogen-bond donors (Lipinski definition) is 1. The monoisotopic (exact) mass is 315 g/mol. The number of nitrogens with zero attached hydrogens (tertiary/aromatic N) is 2. The van der Waals surface area contributed by atoms with Crippen LogP contribution in [0.3, 0.4) is 0 Å². The highest BCUT2D eigenvalue weighted by atomic mass is 32.1. The summed E-state index contributed by atoms with van der Waals surface area (Å²) in [5.74, 6) is 0.462. The van der Waals surface area contributed by atoms with Crippen LogP contribution in [0.2, 0.25) is 0 Å². The third kappa shape index (κ3) is 3.36. The average Bonchev–Trinajstić information content (AvgIpc) is 3.06. The average molecular weight is 315 g/mol. The van der Waals surface area contributed by atoms with E-state index in [1.165, 1.54) is 17.1 Å². The van der Waals surface area contributed by atoms with Crippen molar-refractivity contribution in [2.75, 3.05) is 13.1 Å². The zero-order valence-corrected chi connectivity index (χ0v) is 13.8. The lowest BCUT2D eigenvalue weighted by Crippen LogP contribution is -2.39. The molecule has 2 heterocycles. The van der Waals surface area contributed by atoms with Gasteiger partial charge in [-0.3, -0.25) is 9.69 Å². The Morgan fingerprint density at radius 3 is 2.82 bits per heavy atom. The van der Waals surface area contributed by atoms with Gasteiger partial charge in [-0.05, 0) is 29.9 Å². The third-order valence-electron chi connectivity index (χ3n) is 4.25. The molecule has 0 saturated carbocycles. The molecule has 1 fully saturated rings. The molecule has 22 heavy (non-hydrogen) atoms. The molecule has 2 unspecified atom stereocenters. The predicted molar refractivity (Wildman–Crippen MR) is 89.0 cm³/mol. The van der Waals surface area contributed by atoms with Gasteiger partial charge >= 0.3 is 0 Å². The number of carbonyl (C=O) groups is 1. The minimum atomic E-state index is 0.00432. The topological polar surface area (TPSA) is 45.2 Å². The molecule has 1 saturated heterocycles. The zero-order chi connectivity index (χ0) is 15.5. The molecular formula is C17H21N3OS. The first-order valence-corrected chi connectivity index (χ1v) is 8.45. The molecular weight excluding hydrogens is 294 g/mol. The van der Waals surface area contributed by atoms with Crippen LogP contribution in [0.1, 0.15) is 28.5 Å². The molecule has 2 aromatic rings. The van der Waals surface area contributed by atoms with Crippen LogP contribution in [-0.2, 0) is 6.54 Å². The molecule has 0 bridgehead atoms. The summed E-state index contributed by atoms with van der Waals surface area (Å²) < 4.78 is 4.17. The third-order valence-corrected chi connectivity index (χ3v) is 4.97. The van der Waals surface area contributed by atoms with Gasteiger partial charge in [0.15, 0.2) is 0 Å². The van der Waals surface area contributed by atoms with Gasteiger partial charge in [0.05, 0.1) is 11.3 Å². The Morgan fingerprint density at radius 2 is 2.14 bits per heavy atom. The molecule has 5 heteroatoms. The lowest BCUT2D eigenvalue weighted by Gasteiger charge is -2.17. The van der Waals surface area contributed by atoms with E-state index < -0.39 is 0 Å². The molecule has 1 amide bonds. The van der Waals surface area contributed by atoms with E-state index in [0.29, 0.717) is 11.5 Å². The summed E-state index contributed by atoms with van der Waals surface area (Å²) in [7, 11) is 0. The first-order chi connectivity index (χ1) is 10.6. The van der Waals surface area contributed by atoms with E-state index in [1.54, 1.807) is 0 Å². The second-order valence-electron chi connectivity index (χ2n) is 6.05. The summed E-state index contributed by atoms with van der Waals surface area (Å²) >= 11 is 1.33. The highest BCUT2D eigenvalue weighted by Gasteiger charge is 2.31. The molecule has 2 atom stereocenters. The van der Waals surface area contributed by atoms with Crippen molar-refractivity contribution in [3.8, 4) is 0 Å². The van der Waals surface area contributed by atoms with E-state index in [2.05, 4.69) is 45.8 Å². The standard InChI is InChI=1S/C17H21N3OS/c1-12-8-20(9-14-6-4-3-5-7-14)10-16(12)18-17(21)15-11-22-19-13(15)2/h3-7,11-12,16H,8-10H2,1-2H3,(H,18,21). The SMILES string of the molecule is Cc1nscc1C(=O)NC1CN(Cc2ccccc2)CC1C. The van der Waals surface area contributed by atoms with Crippen molar-refractivity contribution < 1.29 is 4.79 Å². The van der Waals surface area contributed by atoms with Crippen molar-refractivity contribution in [1.82, 2.24) is 14.6 Å². The van der Waals surface area contributed by atoms with E-state index in [1.807, 2.05) is 18.4 Å². The van der Waals surface area contributed by atoms with Crippen molar-refractivity contribution in [1.29, 1.82) is 0 Å². The summed E-state index contributed by atoms with van der Waals surface area (Å²) in [5, 5.41) is 5.00. The van der Waals surface area contributed by atoms with Gasteiger partial charge in [0, 0.05) is 31.1 Å². The van der Waals surface area contributed by atoms with E-state index in [4.69, 9.17) is 0 Å². The van der Waals surface area contributed by atoms with E-state index >= 15 is 0 Å². The lowest BCUT2D eigenvalue weighted by atomic mass is 10.1. The van der Waals surface area contributed by atoms with Gasteiger partial charge in [0.25, 0.3) is 5.91 Å². The van der Waals surface area contributed by atoms with Crippen molar-refractivity contribution in [3.63, 3.8) is 0 Å². The first kappa shape index (κ1) is 15.2. The van der Waals surface area contributed by atoms with Crippen LogP contribution in [0, 0.1) is 12.8 Å². The molecule has 1 N–H and O–H groups in total. The number of aromatic nitrogens is 1. The van der Waals surface area contributed by atoms with Crippen molar-refractivity contribution in [3.05, 3.63) is 52.5 Å². The normalized spacial score (nSPS) is 21.9. The van der Waals surface area contributed by atoms with Crippen molar-refractivity contribution >= 4 is 17.4 Å². The highest BCUT2D eigenvalue weighted by Crippen LogP contribution is 2.20.